The molecule has 94 valence electrons. The molecule has 0 bridgehead atoms. The Balaban J connectivity index is 1.68. The summed E-state index contributed by atoms with van der Waals surface area (Å²) in [6.07, 6.45) is 2.41. The lowest BCUT2D eigenvalue weighted by molar-refractivity contribution is 0.0303. The molecule has 2 N–H and O–H groups in total. The number of ether oxygens (including phenoxy) is 1. The van der Waals surface area contributed by atoms with Crippen molar-refractivity contribution in [1.29, 1.82) is 0 Å². The van der Waals surface area contributed by atoms with Crippen LogP contribution in [0.1, 0.15) is 19.8 Å². The standard InChI is InChI=1S/C12H25N3O/c1-12(13)3-2-4-15(11-12)6-5-14-7-9-16-10-8-14/h2-11,13H2,1H3. The maximum Gasteiger partial charge on any atom is 0.0594 e. The van der Waals surface area contributed by atoms with Crippen molar-refractivity contribution < 1.29 is 4.74 Å². The number of hydrogen-bond acceptors (Lipinski definition) is 4. The predicted molar refractivity (Wildman–Crippen MR) is 65.5 cm³/mol. The van der Waals surface area contributed by atoms with Crippen LogP contribution in [0.15, 0.2) is 0 Å². The highest BCUT2D eigenvalue weighted by Gasteiger charge is 2.26. The van der Waals surface area contributed by atoms with Crippen molar-refractivity contribution in [3.8, 4) is 0 Å². The van der Waals surface area contributed by atoms with E-state index in [-0.39, 0.29) is 5.54 Å². The number of likely N-dealkylation sites (tertiary alicyclic amines) is 1. The van der Waals surface area contributed by atoms with Crippen LogP contribution in [0.4, 0.5) is 0 Å². The first kappa shape index (κ1) is 12.3. The SMILES string of the molecule is CC1(N)CCCN(CCN2CCOCC2)C1. The van der Waals surface area contributed by atoms with Crippen LogP contribution in [0.2, 0.25) is 0 Å². The zero-order valence-corrected chi connectivity index (χ0v) is 10.5. The van der Waals surface area contributed by atoms with Gasteiger partial charge in [0.2, 0.25) is 0 Å². The molecule has 1 atom stereocenters. The van der Waals surface area contributed by atoms with Gasteiger partial charge in [0.25, 0.3) is 0 Å². The molecule has 2 saturated heterocycles. The molecule has 0 aromatic carbocycles. The highest BCUT2D eigenvalue weighted by molar-refractivity contribution is 4.87. The second kappa shape index (κ2) is 5.45. The quantitative estimate of drug-likeness (QED) is 0.744. The third-order valence-corrected chi connectivity index (χ3v) is 3.64. The van der Waals surface area contributed by atoms with Gasteiger partial charge in [-0.2, -0.15) is 0 Å². The van der Waals surface area contributed by atoms with Crippen LogP contribution in [-0.4, -0.2) is 67.8 Å². The molecule has 0 amide bonds. The summed E-state index contributed by atoms with van der Waals surface area (Å²) in [5, 5.41) is 0. The molecule has 4 nitrogen and oxygen atoms in total. The average molecular weight is 227 g/mol. The van der Waals surface area contributed by atoms with Crippen LogP contribution in [0.3, 0.4) is 0 Å². The lowest BCUT2D eigenvalue weighted by Gasteiger charge is -2.39. The fraction of sp³-hybridized carbons (Fsp3) is 1.00. The Morgan fingerprint density at radius 3 is 2.50 bits per heavy atom. The predicted octanol–water partition coefficient (Wildman–Crippen LogP) is 0.132. The fourth-order valence-electron chi connectivity index (χ4n) is 2.67. The minimum atomic E-state index is 0.0310. The summed E-state index contributed by atoms with van der Waals surface area (Å²) in [7, 11) is 0. The van der Waals surface area contributed by atoms with Gasteiger partial charge in [0, 0.05) is 38.3 Å². The molecule has 16 heavy (non-hydrogen) atoms. The van der Waals surface area contributed by atoms with Gasteiger partial charge in [0.15, 0.2) is 0 Å². The average Bonchev–Trinajstić information content (AvgIpc) is 2.27. The van der Waals surface area contributed by atoms with Gasteiger partial charge in [0.05, 0.1) is 13.2 Å². The minimum absolute atomic E-state index is 0.0310. The van der Waals surface area contributed by atoms with Crippen molar-refractivity contribution in [2.24, 2.45) is 5.73 Å². The highest BCUT2D eigenvalue weighted by Crippen LogP contribution is 2.17. The Morgan fingerprint density at radius 1 is 1.12 bits per heavy atom. The Labute approximate surface area is 98.7 Å². The monoisotopic (exact) mass is 227 g/mol. The van der Waals surface area contributed by atoms with Crippen LogP contribution < -0.4 is 5.73 Å². The molecule has 0 spiro atoms. The lowest BCUT2D eigenvalue weighted by Crippen LogP contribution is -2.53. The molecule has 2 rings (SSSR count). The fourth-order valence-corrected chi connectivity index (χ4v) is 2.67. The maximum absolute atomic E-state index is 6.20. The van der Waals surface area contributed by atoms with Crippen LogP contribution in [0.25, 0.3) is 0 Å². The van der Waals surface area contributed by atoms with E-state index in [1.165, 1.54) is 25.9 Å². The van der Waals surface area contributed by atoms with Crippen LogP contribution >= 0.6 is 0 Å². The molecule has 0 radical (unpaired) electrons. The van der Waals surface area contributed by atoms with Crippen molar-refractivity contribution in [3.05, 3.63) is 0 Å². The first-order chi connectivity index (χ1) is 7.66. The zero-order valence-electron chi connectivity index (χ0n) is 10.5. The summed E-state index contributed by atoms with van der Waals surface area (Å²) in [5.74, 6) is 0. The van der Waals surface area contributed by atoms with Gasteiger partial charge in [-0.05, 0) is 26.3 Å². The van der Waals surface area contributed by atoms with Gasteiger partial charge < -0.3 is 15.4 Å². The topological polar surface area (TPSA) is 41.7 Å². The molecular weight excluding hydrogens is 202 g/mol. The van der Waals surface area contributed by atoms with Crippen molar-refractivity contribution in [2.75, 3.05) is 52.5 Å². The zero-order chi connectivity index (χ0) is 11.4. The molecule has 2 aliphatic rings. The van der Waals surface area contributed by atoms with E-state index in [9.17, 15) is 0 Å². The molecule has 0 saturated carbocycles. The number of nitrogens with zero attached hydrogens (tertiary/aromatic N) is 2. The van der Waals surface area contributed by atoms with E-state index in [0.29, 0.717) is 0 Å². The molecule has 4 heteroatoms. The molecule has 1 unspecified atom stereocenters. The molecule has 0 aromatic heterocycles. The summed E-state index contributed by atoms with van der Waals surface area (Å²) >= 11 is 0. The van der Waals surface area contributed by atoms with Gasteiger partial charge >= 0.3 is 0 Å². The summed E-state index contributed by atoms with van der Waals surface area (Å²) in [4.78, 5) is 5.00. The van der Waals surface area contributed by atoms with E-state index in [2.05, 4.69) is 16.7 Å². The Morgan fingerprint density at radius 2 is 1.81 bits per heavy atom. The molecule has 2 aliphatic heterocycles. The van der Waals surface area contributed by atoms with E-state index in [1.807, 2.05) is 0 Å². The van der Waals surface area contributed by atoms with Gasteiger partial charge in [0.1, 0.15) is 0 Å². The van der Waals surface area contributed by atoms with Crippen LogP contribution in [-0.2, 0) is 4.74 Å². The lowest BCUT2D eigenvalue weighted by atomic mass is 9.92. The number of nitrogens with two attached hydrogens (primary N) is 1. The third-order valence-electron chi connectivity index (χ3n) is 3.64. The Kier molecular flexibility index (Phi) is 4.19. The normalized spacial score (nSPS) is 34.1. The van der Waals surface area contributed by atoms with Gasteiger partial charge in [-0.3, -0.25) is 4.90 Å². The molecule has 2 heterocycles. The maximum atomic E-state index is 6.20. The Bertz CT molecular complexity index is 214. The smallest absolute Gasteiger partial charge is 0.0594 e. The number of morpholine rings is 1. The van der Waals surface area contributed by atoms with E-state index in [0.717, 1.165) is 39.4 Å². The highest BCUT2D eigenvalue weighted by atomic mass is 16.5. The van der Waals surface area contributed by atoms with Gasteiger partial charge in [-0.1, -0.05) is 0 Å². The summed E-state index contributed by atoms with van der Waals surface area (Å²) in [6.45, 7) is 10.7. The van der Waals surface area contributed by atoms with Crippen molar-refractivity contribution >= 4 is 0 Å². The van der Waals surface area contributed by atoms with E-state index in [4.69, 9.17) is 10.5 Å². The molecular formula is C12H25N3O. The van der Waals surface area contributed by atoms with Gasteiger partial charge in [-0.25, -0.2) is 0 Å². The van der Waals surface area contributed by atoms with Crippen LogP contribution in [0, 0.1) is 0 Å². The van der Waals surface area contributed by atoms with E-state index in [1.54, 1.807) is 0 Å². The first-order valence-electron chi connectivity index (χ1n) is 6.47. The molecule has 0 aromatic rings. The second-order valence-electron chi connectivity index (χ2n) is 5.49. The third kappa shape index (κ3) is 3.70. The summed E-state index contributed by atoms with van der Waals surface area (Å²) < 4.78 is 5.35. The van der Waals surface area contributed by atoms with Crippen LogP contribution in [0.5, 0.6) is 0 Å². The number of rotatable bonds is 3. The van der Waals surface area contributed by atoms with E-state index < -0.39 is 0 Å². The van der Waals surface area contributed by atoms with E-state index >= 15 is 0 Å². The number of piperidine rings is 1. The van der Waals surface area contributed by atoms with Gasteiger partial charge in [-0.15, -0.1) is 0 Å². The molecule has 0 aliphatic carbocycles. The second-order valence-corrected chi connectivity index (χ2v) is 5.49. The number of hydrogen-bond donors (Lipinski definition) is 1. The van der Waals surface area contributed by atoms with Crippen molar-refractivity contribution in [3.63, 3.8) is 0 Å². The van der Waals surface area contributed by atoms with Crippen molar-refractivity contribution in [1.82, 2.24) is 9.80 Å². The molecule has 2 fully saturated rings. The minimum Gasteiger partial charge on any atom is -0.379 e. The largest absolute Gasteiger partial charge is 0.379 e. The summed E-state index contributed by atoms with van der Waals surface area (Å²) in [6, 6.07) is 0. The van der Waals surface area contributed by atoms with Crippen molar-refractivity contribution in [2.45, 2.75) is 25.3 Å². The Hall–Kier alpha value is -0.160. The summed E-state index contributed by atoms with van der Waals surface area (Å²) in [5.41, 5.74) is 6.23. The first-order valence-corrected chi connectivity index (χ1v) is 6.47.